The highest BCUT2D eigenvalue weighted by molar-refractivity contribution is 5.90. The number of aryl methyl sites for hydroxylation is 2. The van der Waals surface area contributed by atoms with Crippen LogP contribution in [0.3, 0.4) is 0 Å². The second-order valence-electron chi connectivity index (χ2n) is 5.40. The Morgan fingerprint density at radius 2 is 2.00 bits per heavy atom. The molecule has 0 radical (unpaired) electrons. The molecule has 122 valence electrons. The number of hydrogen-bond donors (Lipinski definition) is 1. The number of carbonyl (C=O) groups excluding carboxylic acids is 1. The third kappa shape index (κ3) is 3.84. The van der Waals surface area contributed by atoms with Crippen LogP contribution in [-0.2, 0) is 11.2 Å². The largest absolute Gasteiger partial charge is 0.421 e. The van der Waals surface area contributed by atoms with E-state index in [1.54, 1.807) is 18.2 Å². The molecule has 1 N–H and O–H groups in total. The molecule has 3 aromatic rings. The summed E-state index contributed by atoms with van der Waals surface area (Å²) in [5.41, 5.74) is 2.07. The average Bonchev–Trinajstić information content (AvgIpc) is 3.02. The lowest BCUT2D eigenvalue weighted by Crippen LogP contribution is -2.12. The highest BCUT2D eigenvalue weighted by Crippen LogP contribution is 2.21. The lowest BCUT2D eigenvalue weighted by molar-refractivity contribution is -0.116. The van der Waals surface area contributed by atoms with Crippen LogP contribution >= 0.6 is 0 Å². The zero-order valence-electron chi connectivity index (χ0n) is 13.1. The molecule has 0 aliphatic carbocycles. The lowest BCUT2D eigenvalue weighted by Gasteiger charge is -2.04. The number of nitrogens with one attached hydrogen (secondary N) is 1. The number of anilines is 1. The highest BCUT2D eigenvalue weighted by Gasteiger charge is 2.13. The molecule has 0 aliphatic rings. The first-order valence-electron chi connectivity index (χ1n) is 7.55. The van der Waals surface area contributed by atoms with E-state index in [9.17, 15) is 9.18 Å². The van der Waals surface area contributed by atoms with Crippen molar-refractivity contribution in [3.63, 3.8) is 0 Å². The van der Waals surface area contributed by atoms with Crippen molar-refractivity contribution in [1.29, 1.82) is 0 Å². The highest BCUT2D eigenvalue weighted by atomic mass is 19.1. The molecule has 5 nitrogen and oxygen atoms in total. The fourth-order valence-corrected chi connectivity index (χ4v) is 2.26. The topological polar surface area (TPSA) is 68.0 Å². The van der Waals surface area contributed by atoms with Crippen LogP contribution in [-0.4, -0.2) is 16.1 Å². The zero-order valence-corrected chi connectivity index (χ0v) is 13.1. The number of hydrogen-bond acceptors (Lipinski definition) is 4. The molecule has 1 aromatic heterocycles. The van der Waals surface area contributed by atoms with E-state index >= 15 is 0 Å². The number of benzene rings is 2. The molecule has 0 fully saturated rings. The molecule has 0 aliphatic heterocycles. The number of aromatic nitrogens is 2. The summed E-state index contributed by atoms with van der Waals surface area (Å²) >= 11 is 0. The molecule has 0 saturated carbocycles. The number of rotatable bonds is 5. The van der Waals surface area contributed by atoms with Gasteiger partial charge >= 0.3 is 0 Å². The Balaban J connectivity index is 1.59. The quantitative estimate of drug-likeness (QED) is 0.775. The van der Waals surface area contributed by atoms with Crippen LogP contribution in [0.4, 0.5) is 10.1 Å². The summed E-state index contributed by atoms with van der Waals surface area (Å²) in [5.74, 6) is -0.161. The van der Waals surface area contributed by atoms with Crippen LogP contribution in [0.15, 0.2) is 52.9 Å². The summed E-state index contributed by atoms with van der Waals surface area (Å²) in [6.07, 6.45) is 0.492. The third-order valence-electron chi connectivity index (χ3n) is 3.44. The standard InChI is InChI=1S/C18H16FN3O2/c1-12-5-4-6-13(11-12)20-16(23)9-10-17-21-22-18(24-17)14-7-2-3-8-15(14)19/h2-8,11H,9-10H2,1H3,(H,20,23). The van der Waals surface area contributed by atoms with Crippen molar-refractivity contribution in [1.82, 2.24) is 10.2 Å². The van der Waals surface area contributed by atoms with E-state index in [0.717, 1.165) is 11.3 Å². The molecule has 0 saturated heterocycles. The number of halogens is 1. The Kier molecular flexibility index (Phi) is 4.65. The second-order valence-corrected chi connectivity index (χ2v) is 5.40. The van der Waals surface area contributed by atoms with Gasteiger partial charge in [0.2, 0.25) is 11.8 Å². The minimum Gasteiger partial charge on any atom is -0.421 e. The van der Waals surface area contributed by atoms with E-state index < -0.39 is 5.82 Å². The van der Waals surface area contributed by atoms with Gasteiger partial charge in [0.05, 0.1) is 5.56 Å². The lowest BCUT2D eigenvalue weighted by atomic mass is 10.2. The molecular formula is C18H16FN3O2. The van der Waals surface area contributed by atoms with Crippen LogP contribution < -0.4 is 5.32 Å². The molecule has 1 heterocycles. The van der Waals surface area contributed by atoms with Crippen molar-refractivity contribution < 1.29 is 13.6 Å². The van der Waals surface area contributed by atoms with Gasteiger partial charge in [-0.3, -0.25) is 4.79 Å². The normalized spacial score (nSPS) is 10.6. The minimum absolute atomic E-state index is 0.113. The van der Waals surface area contributed by atoms with E-state index in [-0.39, 0.29) is 23.8 Å². The fraction of sp³-hybridized carbons (Fsp3) is 0.167. The van der Waals surface area contributed by atoms with Gasteiger partial charge < -0.3 is 9.73 Å². The minimum atomic E-state index is -0.426. The van der Waals surface area contributed by atoms with Gasteiger partial charge in [0.25, 0.3) is 5.89 Å². The van der Waals surface area contributed by atoms with Gasteiger partial charge in [-0.2, -0.15) is 0 Å². The Hall–Kier alpha value is -3.02. The van der Waals surface area contributed by atoms with Crippen LogP contribution in [0.2, 0.25) is 0 Å². The van der Waals surface area contributed by atoms with Crippen LogP contribution in [0.1, 0.15) is 17.9 Å². The molecule has 0 spiro atoms. The molecular weight excluding hydrogens is 309 g/mol. The Morgan fingerprint density at radius 1 is 1.17 bits per heavy atom. The SMILES string of the molecule is Cc1cccc(NC(=O)CCc2nnc(-c3ccccc3F)o2)c1. The van der Waals surface area contributed by atoms with Gasteiger partial charge in [0, 0.05) is 18.5 Å². The predicted octanol–water partition coefficient (Wildman–Crippen LogP) is 3.76. The molecule has 1 amide bonds. The first-order valence-corrected chi connectivity index (χ1v) is 7.55. The predicted molar refractivity (Wildman–Crippen MR) is 87.8 cm³/mol. The van der Waals surface area contributed by atoms with E-state index in [4.69, 9.17) is 4.42 Å². The molecule has 3 rings (SSSR count). The first kappa shape index (κ1) is 15.9. The summed E-state index contributed by atoms with van der Waals surface area (Å²) in [4.78, 5) is 12.0. The van der Waals surface area contributed by atoms with Crippen molar-refractivity contribution in [2.24, 2.45) is 0 Å². The maximum Gasteiger partial charge on any atom is 0.250 e. The Labute approximate surface area is 138 Å². The summed E-state index contributed by atoms with van der Waals surface area (Å²) in [6.45, 7) is 1.96. The molecule has 6 heteroatoms. The van der Waals surface area contributed by atoms with Crippen molar-refractivity contribution in [3.8, 4) is 11.5 Å². The summed E-state index contributed by atoms with van der Waals surface area (Å²) in [5, 5.41) is 10.5. The average molecular weight is 325 g/mol. The zero-order chi connectivity index (χ0) is 16.9. The smallest absolute Gasteiger partial charge is 0.250 e. The monoisotopic (exact) mass is 325 g/mol. The van der Waals surface area contributed by atoms with Gasteiger partial charge in [-0.05, 0) is 36.8 Å². The van der Waals surface area contributed by atoms with E-state index in [1.165, 1.54) is 6.07 Å². The van der Waals surface area contributed by atoms with Gasteiger partial charge in [-0.15, -0.1) is 10.2 Å². The van der Waals surface area contributed by atoms with Gasteiger partial charge in [0.1, 0.15) is 5.82 Å². The maximum atomic E-state index is 13.7. The molecule has 0 atom stereocenters. The second kappa shape index (κ2) is 7.04. The first-order chi connectivity index (χ1) is 11.6. The molecule has 0 bridgehead atoms. The number of amides is 1. The molecule has 2 aromatic carbocycles. The summed E-state index contributed by atoms with van der Waals surface area (Å²) in [7, 11) is 0. The van der Waals surface area contributed by atoms with Crippen molar-refractivity contribution in [2.75, 3.05) is 5.32 Å². The van der Waals surface area contributed by atoms with E-state index in [1.807, 2.05) is 31.2 Å². The van der Waals surface area contributed by atoms with Crippen molar-refractivity contribution in [3.05, 3.63) is 65.8 Å². The molecule has 0 unspecified atom stereocenters. The fourth-order valence-electron chi connectivity index (χ4n) is 2.26. The Bertz CT molecular complexity index is 861. The van der Waals surface area contributed by atoms with Gasteiger partial charge in [-0.1, -0.05) is 24.3 Å². The number of carbonyl (C=O) groups is 1. The summed E-state index contributed by atoms with van der Waals surface area (Å²) in [6, 6.07) is 13.7. The Morgan fingerprint density at radius 3 is 2.79 bits per heavy atom. The van der Waals surface area contributed by atoms with Crippen LogP contribution in [0, 0.1) is 12.7 Å². The maximum absolute atomic E-state index is 13.7. The number of nitrogens with zero attached hydrogens (tertiary/aromatic N) is 2. The third-order valence-corrected chi connectivity index (χ3v) is 3.44. The van der Waals surface area contributed by atoms with Gasteiger partial charge in [-0.25, -0.2) is 4.39 Å². The summed E-state index contributed by atoms with van der Waals surface area (Å²) < 4.78 is 19.1. The van der Waals surface area contributed by atoms with Crippen LogP contribution in [0.5, 0.6) is 0 Å². The van der Waals surface area contributed by atoms with Gasteiger partial charge in [0.15, 0.2) is 0 Å². The van der Waals surface area contributed by atoms with Crippen molar-refractivity contribution in [2.45, 2.75) is 19.8 Å². The van der Waals surface area contributed by atoms with E-state index in [2.05, 4.69) is 15.5 Å². The van der Waals surface area contributed by atoms with Crippen molar-refractivity contribution >= 4 is 11.6 Å². The molecule has 24 heavy (non-hydrogen) atoms. The van der Waals surface area contributed by atoms with E-state index in [0.29, 0.717) is 12.3 Å². The van der Waals surface area contributed by atoms with Crippen LogP contribution in [0.25, 0.3) is 11.5 Å².